The Morgan fingerprint density at radius 1 is 1.05 bits per heavy atom. The average Bonchev–Trinajstić information content (AvgIpc) is 2.94. The van der Waals surface area contributed by atoms with E-state index < -0.39 is 5.60 Å². The lowest BCUT2D eigenvalue weighted by Gasteiger charge is -2.40. The Hall–Kier alpha value is -1.68. The van der Waals surface area contributed by atoms with Gasteiger partial charge >= 0.3 is 0 Å². The van der Waals surface area contributed by atoms with Gasteiger partial charge in [0.2, 0.25) is 0 Å². The molecule has 1 fully saturated rings. The number of para-hydroxylation sites is 1. The van der Waals surface area contributed by atoms with Gasteiger partial charge in [0.15, 0.2) is 0 Å². The maximum absolute atomic E-state index is 11.0. The fourth-order valence-electron chi connectivity index (χ4n) is 2.91. The van der Waals surface area contributed by atoms with Gasteiger partial charge in [0.1, 0.15) is 5.60 Å². The Bertz CT molecular complexity index is 579. The van der Waals surface area contributed by atoms with Crippen molar-refractivity contribution in [2.24, 2.45) is 5.41 Å². The smallest absolute Gasteiger partial charge is 0.108 e. The Kier molecular flexibility index (Phi) is 3.13. The first-order valence-corrected chi connectivity index (χ1v) is 7.19. The topological polar surface area (TPSA) is 50.9 Å². The SMILES string of the molecule is CC1(C)CCC(O)(c2cnnn2-c2ccccc2)CC1. The van der Waals surface area contributed by atoms with Crippen molar-refractivity contribution in [3.05, 3.63) is 42.2 Å². The molecule has 2 aromatic rings. The van der Waals surface area contributed by atoms with Crippen molar-refractivity contribution in [3.8, 4) is 5.69 Å². The molecule has 0 spiro atoms. The molecule has 1 aliphatic carbocycles. The Labute approximate surface area is 119 Å². The lowest BCUT2D eigenvalue weighted by atomic mass is 9.70. The van der Waals surface area contributed by atoms with Gasteiger partial charge in [-0.15, -0.1) is 5.10 Å². The van der Waals surface area contributed by atoms with Gasteiger partial charge in [0.05, 0.1) is 17.6 Å². The summed E-state index contributed by atoms with van der Waals surface area (Å²) in [5, 5.41) is 19.2. The second-order valence-corrected chi connectivity index (χ2v) is 6.56. The lowest BCUT2D eigenvalue weighted by molar-refractivity contribution is -0.0357. The Balaban J connectivity index is 1.94. The molecule has 0 unspecified atom stereocenters. The summed E-state index contributed by atoms with van der Waals surface area (Å²) in [5.74, 6) is 0. The van der Waals surface area contributed by atoms with Crippen molar-refractivity contribution in [1.82, 2.24) is 15.0 Å². The number of aliphatic hydroxyl groups is 1. The largest absolute Gasteiger partial charge is 0.383 e. The zero-order valence-electron chi connectivity index (χ0n) is 12.1. The van der Waals surface area contributed by atoms with Crippen LogP contribution in [0.4, 0.5) is 0 Å². The molecule has 106 valence electrons. The summed E-state index contributed by atoms with van der Waals surface area (Å²) in [6.07, 6.45) is 5.26. The molecule has 4 heteroatoms. The third-order valence-corrected chi connectivity index (χ3v) is 4.46. The van der Waals surface area contributed by atoms with Crippen LogP contribution in [0, 0.1) is 5.41 Å². The van der Waals surface area contributed by atoms with Gasteiger partial charge in [0.25, 0.3) is 0 Å². The van der Waals surface area contributed by atoms with Crippen molar-refractivity contribution < 1.29 is 5.11 Å². The quantitative estimate of drug-likeness (QED) is 0.913. The highest BCUT2D eigenvalue weighted by molar-refractivity contribution is 5.33. The summed E-state index contributed by atoms with van der Waals surface area (Å²) in [6.45, 7) is 4.53. The average molecular weight is 271 g/mol. The first kappa shape index (κ1) is 13.3. The minimum absolute atomic E-state index is 0.317. The van der Waals surface area contributed by atoms with Crippen molar-refractivity contribution in [2.45, 2.75) is 45.1 Å². The molecule has 1 aromatic heterocycles. The summed E-state index contributed by atoms with van der Waals surface area (Å²) in [5.41, 5.74) is 1.25. The number of hydrogen-bond acceptors (Lipinski definition) is 3. The third-order valence-electron chi connectivity index (χ3n) is 4.46. The molecule has 0 bridgehead atoms. The minimum atomic E-state index is -0.811. The summed E-state index contributed by atoms with van der Waals surface area (Å²) in [6, 6.07) is 9.87. The van der Waals surface area contributed by atoms with Crippen LogP contribution in [0.5, 0.6) is 0 Å². The van der Waals surface area contributed by atoms with Crippen LogP contribution in [0.15, 0.2) is 36.5 Å². The van der Waals surface area contributed by atoms with E-state index in [2.05, 4.69) is 24.2 Å². The number of aromatic nitrogens is 3. The molecule has 20 heavy (non-hydrogen) atoms. The van der Waals surface area contributed by atoms with Crippen molar-refractivity contribution in [3.63, 3.8) is 0 Å². The highest BCUT2D eigenvalue weighted by atomic mass is 16.3. The van der Waals surface area contributed by atoms with Crippen LogP contribution in [0.3, 0.4) is 0 Å². The van der Waals surface area contributed by atoms with Gasteiger partial charge in [-0.1, -0.05) is 37.3 Å². The molecule has 1 heterocycles. The summed E-state index contributed by atoms with van der Waals surface area (Å²) in [7, 11) is 0. The maximum Gasteiger partial charge on any atom is 0.108 e. The summed E-state index contributed by atoms with van der Waals surface area (Å²) >= 11 is 0. The molecule has 0 saturated heterocycles. The zero-order valence-corrected chi connectivity index (χ0v) is 12.1. The predicted molar refractivity (Wildman–Crippen MR) is 77.5 cm³/mol. The van der Waals surface area contributed by atoms with E-state index in [1.165, 1.54) is 0 Å². The lowest BCUT2D eigenvalue weighted by Crippen LogP contribution is -2.36. The van der Waals surface area contributed by atoms with Crippen LogP contribution < -0.4 is 0 Å². The summed E-state index contributed by atoms with van der Waals surface area (Å²) < 4.78 is 1.76. The number of hydrogen-bond donors (Lipinski definition) is 1. The van der Waals surface area contributed by atoms with E-state index in [4.69, 9.17) is 0 Å². The molecule has 0 atom stereocenters. The van der Waals surface area contributed by atoms with Crippen LogP contribution in [-0.4, -0.2) is 20.1 Å². The molecule has 0 amide bonds. The van der Waals surface area contributed by atoms with Crippen LogP contribution in [0.1, 0.15) is 45.2 Å². The van der Waals surface area contributed by atoms with Crippen molar-refractivity contribution in [1.29, 1.82) is 0 Å². The highest BCUT2D eigenvalue weighted by Crippen LogP contribution is 2.45. The van der Waals surface area contributed by atoms with E-state index in [9.17, 15) is 5.11 Å². The van der Waals surface area contributed by atoms with Gasteiger partial charge in [-0.05, 0) is 43.2 Å². The van der Waals surface area contributed by atoms with E-state index in [0.29, 0.717) is 5.41 Å². The second kappa shape index (κ2) is 4.70. The van der Waals surface area contributed by atoms with Gasteiger partial charge in [0, 0.05) is 0 Å². The maximum atomic E-state index is 11.0. The molecule has 1 saturated carbocycles. The fraction of sp³-hybridized carbons (Fsp3) is 0.500. The number of benzene rings is 1. The molecule has 0 aliphatic heterocycles. The first-order valence-electron chi connectivity index (χ1n) is 7.19. The molecular weight excluding hydrogens is 250 g/mol. The monoisotopic (exact) mass is 271 g/mol. The Morgan fingerprint density at radius 3 is 2.35 bits per heavy atom. The first-order chi connectivity index (χ1) is 9.50. The van der Waals surface area contributed by atoms with E-state index >= 15 is 0 Å². The molecule has 4 nitrogen and oxygen atoms in total. The van der Waals surface area contributed by atoms with Crippen molar-refractivity contribution in [2.75, 3.05) is 0 Å². The predicted octanol–water partition coefficient (Wildman–Crippen LogP) is 3.06. The van der Waals surface area contributed by atoms with Crippen LogP contribution in [-0.2, 0) is 5.60 Å². The second-order valence-electron chi connectivity index (χ2n) is 6.56. The van der Waals surface area contributed by atoms with E-state index in [1.54, 1.807) is 10.9 Å². The fourth-order valence-corrected chi connectivity index (χ4v) is 2.91. The van der Waals surface area contributed by atoms with Gasteiger partial charge in [-0.2, -0.15) is 0 Å². The number of nitrogens with zero attached hydrogens (tertiary/aromatic N) is 3. The third kappa shape index (κ3) is 2.36. The van der Waals surface area contributed by atoms with Gasteiger partial charge in [-0.25, -0.2) is 4.68 Å². The standard InChI is InChI=1S/C16H21N3O/c1-15(2)8-10-16(20,11-9-15)14-12-17-18-19(14)13-6-4-3-5-7-13/h3-7,12,20H,8-11H2,1-2H3. The molecule has 0 radical (unpaired) electrons. The van der Waals surface area contributed by atoms with Crippen LogP contribution in [0.25, 0.3) is 5.69 Å². The normalized spacial score (nSPS) is 20.8. The Morgan fingerprint density at radius 2 is 1.70 bits per heavy atom. The van der Waals surface area contributed by atoms with Crippen LogP contribution >= 0.6 is 0 Å². The molecule has 1 N–H and O–H groups in total. The molecule has 3 rings (SSSR count). The molecule has 1 aliphatic rings. The van der Waals surface area contributed by atoms with Gasteiger partial charge < -0.3 is 5.11 Å². The van der Waals surface area contributed by atoms with Gasteiger partial charge in [-0.3, -0.25) is 0 Å². The zero-order chi connectivity index (χ0) is 14.2. The van der Waals surface area contributed by atoms with E-state index in [-0.39, 0.29) is 0 Å². The molecular formula is C16H21N3O. The molecule has 1 aromatic carbocycles. The highest BCUT2D eigenvalue weighted by Gasteiger charge is 2.40. The van der Waals surface area contributed by atoms with Crippen molar-refractivity contribution >= 4 is 0 Å². The van der Waals surface area contributed by atoms with Crippen LogP contribution in [0.2, 0.25) is 0 Å². The number of rotatable bonds is 2. The summed E-state index contributed by atoms with van der Waals surface area (Å²) in [4.78, 5) is 0. The van der Waals surface area contributed by atoms with E-state index in [1.807, 2.05) is 30.3 Å². The minimum Gasteiger partial charge on any atom is -0.383 e. The van der Waals surface area contributed by atoms with E-state index in [0.717, 1.165) is 37.1 Å².